The van der Waals surface area contributed by atoms with Crippen LogP contribution in [0, 0.1) is 0 Å². The molecule has 2 rings (SSSR count). The summed E-state index contributed by atoms with van der Waals surface area (Å²) in [4.78, 5) is 15.7. The number of nitrogens with zero attached hydrogens (tertiary/aromatic N) is 1. The van der Waals surface area contributed by atoms with E-state index in [4.69, 9.17) is 5.73 Å². The minimum atomic E-state index is -0.223. The van der Waals surface area contributed by atoms with Crippen LogP contribution in [-0.2, 0) is 6.42 Å². The van der Waals surface area contributed by atoms with E-state index >= 15 is 0 Å². The normalized spacial score (nSPS) is 10.6. The highest BCUT2D eigenvalue weighted by Gasteiger charge is 2.07. The summed E-state index contributed by atoms with van der Waals surface area (Å²) in [7, 11) is 0. The van der Waals surface area contributed by atoms with Gasteiger partial charge in [0.15, 0.2) is 5.13 Å². The van der Waals surface area contributed by atoms with E-state index in [-0.39, 0.29) is 6.03 Å². The van der Waals surface area contributed by atoms with Gasteiger partial charge in [0, 0.05) is 6.54 Å². The quantitative estimate of drug-likeness (QED) is 0.789. The molecule has 0 aliphatic rings. The van der Waals surface area contributed by atoms with E-state index in [0.717, 1.165) is 16.6 Å². The number of carbonyl (C=O) groups is 1. The number of thiazole rings is 1. The number of anilines is 1. The summed E-state index contributed by atoms with van der Waals surface area (Å²) < 4.78 is 1.06. The fourth-order valence-electron chi connectivity index (χ4n) is 1.65. The second-order valence-corrected chi connectivity index (χ2v) is 4.87. The Labute approximate surface area is 109 Å². The highest BCUT2D eigenvalue weighted by Crippen LogP contribution is 2.26. The van der Waals surface area contributed by atoms with E-state index in [1.54, 1.807) is 0 Å². The molecular formula is C12H16N4OS. The fourth-order valence-corrected chi connectivity index (χ4v) is 2.57. The van der Waals surface area contributed by atoms with Gasteiger partial charge in [0.1, 0.15) is 0 Å². The molecule has 5 nitrogen and oxygen atoms in total. The summed E-state index contributed by atoms with van der Waals surface area (Å²) in [5.41, 5.74) is 7.62. The van der Waals surface area contributed by atoms with Crippen molar-refractivity contribution in [2.45, 2.75) is 13.3 Å². The number of aromatic nitrogens is 1. The van der Waals surface area contributed by atoms with Gasteiger partial charge in [-0.05, 0) is 37.6 Å². The molecule has 0 radical (unpaired) electrons. The van der Waals surface area contributed by atoms with Crippen molar-refractivity contribution < 1.29 is 4.79 Å². The number of fused-ring (bicyclic) bond motifs is 1. The molecule has 1 aromatic heterocycles. The maximum atomic E-state index is 11.4. The maximum Gasteiger partial charge on any atom is 0.321 e. The zero-order valence-corrected chi connectivity index (χ0v) is 11.0. The number of nitrogens with two attached hydrogens (primary N) is 1. The van der Waals surface area contributed by atoms with Gasteiger partial charge in [0.2, 0.25) is 0 Å². The first-order valence-electron chi connectivity index (χ1n) is 5.87. The molecule has 0 saturated heterocycles. The average molecular weight is 264 g/mol. The first-order chi connectivity index (χ1) is 8.72. The van der Waals surface area contributed by atoms with Crippen LogP contribution in [0.1, 0.15) is 12.5 Å². The minimum Gasteiger partial charge on any atom is -0.338 e. The van der Waals surface area contributed by atoms with Crippen LogP contribution in [-0.4, -0.2) is 24.1 Å². The molecule has 0 saturated carbocycles. The van der Waals surface area contributed by atoms with Crippen LogP contribution >= 0.6 is 11.3 Å². The molecule has 18 heavy (non-hydrogen) atoms. The predicted octanol–water partition coefficient (Wildman–Crippen LogP) is 1.94. The Bertz CT molecular complexity index is 552. The van der Waals surface area contributed by atoms with Crippen molar-refractivity contribution in [1.29, 1.82) is 0 Å². The van der Waals surface area contributed by atoms with Crippen molar-refractivity contribution in [1.82, 2.24) is 10.3 Å². The lowest BCUT2D eigenvalue weighted by Crippen LogP contribution is -2.28. The minimum absolute atomic E-state index is 0.223. The molecule has 0 unspecified atom stereocenters. The second-order valence-electron chi connectivity index (χ2n) is 3.84. The van der Waals surface area contributed by atoms with Crippen LogP contribution in [0.15, 0.2) is 18.2 Å². The first-order valence-corrected chi connectivity index (χ1v) is 6.69. The Morgan fingerprint density at radius 1 is 1.50 bits per heavy atom. The Balaban J connectivity index is 2.19. The summed E-state index contributed by atoms with van der Waals surface area (Å²) >= 11 is 1.47. The fraction of sp³-hybridized carbons (Fsp3) is 0.333. The van der Waals surface area contributed by atoms with Crippen molar-refractivity contribution >= 4 is 32.7 Å². The Morgan fingerprint density at radius 2 is 2.33 bits per heavy atom. The number of carbonyl (C=O) groups excluding carboxylic acids is 1. The third-order valence-electron chi connectivity index (χ3n) is 2.44. The molecule has 0 aliphatic carbocycles. The van der Waals surface area contributed by atoms with Crippen LogP contribution in [0.5, 0.6) is 0 Å². The smallest absolute Gasteiger partial charge is 0.321 e. The number of benzene rings is 1. The summed E-state index contributed by atoms with van der Waals surface area (Å²) in [6.45, 7) is 3.10. The third-order valence-corrected chi connectivity index (χ3v) is 3.38. The van der Waals surface area contributed by atoms with Gasteiger partial charge in [-0.3, -0.25) is 5.32 Å². The molecular weight excluding hydrogens is 248 g/mol. The van der Waals surface area contributed by atoms with Crippen LogP contribution in [0.25, 0.3) is 10.2 Å². The van der Waals surface area contributed by atoms with E-state index < -0.39 is 0 Å². The number of amides is 2. The molecule has 2 aromatic rings. The highest BCUT2D eigenvalue weighted by molar-refractivity contribution is 7.22. The van der Waals surface area contributed by atoms with Gasteiger partial charge in [-0.25, -0.2) is 9.78 Å². The zero-order chi connectivity index (χ0) is 13.0. The van der Waals surface area contributed by atoms with E-state index in [1.807, 2.05) is 19.1 Å². The van der Waals surface area contributed by atoms with Gasteiger partial charge in [0.25, 0.3) is 0 Å². The van der Waals surface area contributed by atoms with Crippen LogP contribution in [0.4, 0.5) is 9.93 Å². The van der Waals surface area contributed by atoms with Gasteiger partial charge in [-0.1, -0.05) is 17.4 Å². The molecule has 0 fully saturated rings. The van der Waals surface area contributed by atoms with Gasteiger partial charge in [-0.2, -0.15) is 0 Å². The molecule has 4 N–H and O–H groups in total. The Morgan fingerprint density at radius 3 is 3.06 bits per heavy atom. The number of hydrogen-bond acceptors (Lipinski definition) is 4. The Kier molecular flexibility index (Phi) is 4.11. The lowest BCUT2D eigenvalue weighted by atomic mass is 10.1. The number of nitrogens with one attached hydrogen (secondary N) is 2. The number of urea groups is 1. The second kappa shape index (κ2) is 5.79. The summed E-state index contributed by atoms with van der Waals surface area (Å²) in [6, 6.07) is 5.83. The lowest BCUT2D eigenvalue weighted by Gasteiger charge is -2.00. The van der Waals surface area contributed by atoms with Crippen LogP contribution < -0.4 is 16.4 Å². The lowest BCUT2D eigenvalue weighted by molar-refractivity contribution is 0.252. The summed E-state index contributed by atoms with van der Waals surface area (Å²) in [5, 5.41) is 6.00. The molecule has 0 spiro atoms. The van der Waals surface area contributed by atoms with Gasteiger partial charge < -0.3 is 11.1 Å². The monoisotopic (exact) mass is 264 g/mol. The number of hydrogen-bond donors (Lipinski definition) is 3. The molecule has 1 heterocycles. The van der Waals surface area contributed by atoms with E-state index in [1.165, 1.54) is 16.9 Å². The highest BCUT2D eigenvalue weighted by atomic mass is 32.1. The predicted molar refractivity (Wildman–Crippen MR) is 75.1 cm³/mol. The van der Waals surface area contributed by atoms with E-state index in [9.17, 15) is 4.79 Å². The van der Waals surface area contributed by atoms with Crippen molar-refractivity contribution in [2.75, 3.05) is 18.4 Å². The van der Waals surface area contributed by atoms with Gasteiger partial charge in [0.05, 0.1) is 10.2 Å². The molecule has 0 atom stereocenters. The molecule has 96 valence electrons. The maximum absolute atomic E-state index is 11.4. The van der Waals surface area contributed by atoms with Crippen LogP contribution in [0.2, 0.25) is 0 Å². The van der Waals surface area contributed by atoms with E-state index in [2.05, 4.69) is 21.7 Å². The summed E-state index contributed by atoms with van der Waals surface area (Å²) in [6.07, 6.45) is 0.854. The standard InChI is InChI=1S/C12H16N4OS/c1-2-14-11(17)16-12-15-9-4-3-8(5-6-13)7-10(9)18-12/h3-4,7H,2,5-6,13H2,1H3,(H2,14,15,16,17). The number of rotatable bonds is 4. The third kappa shape index (κ3) is 2.96. The molecule has 0 aliphatic heterocycles. The van der Waals surface area contributed by atoms with Gasteiger partial charge in [-0.15, -0.1) is 0 Å². The van der Waals surface area contributed by atoms with Crippen molar-refractivity contribution in [3.8, 4) is 0 Å². The first kappa shape index (κ1) is 12.8. The largest absolute Gasteiger partial charge is 0.338 e. The van der Waals surface area contributed by atoms with Crippen molar-refractivity contribution in [2.24, 2.45) is 5.73 Å². The van der Waals surface area contributed by atoms with Crippen molar-refractivity contribution in [3.05, 3.63) is 23.8 Å². The molecule has 0 bridgehead atoms. The van der Waals surface area contributed by atoms with E-state index in [0.29, 0.717) is 18.2 Å². The zero-order valence-electron chi connectivity index (χ0n) is 10.2. The van der Waals surface area contributed by atoms with Crippen molar-refractivity contribution in [3.63, 3.8) is 0 Å². The summed E-state index contributed by atoms with van der Waals surface area (Å²) in [5.74, 6) is 0. The van der Waals surface area contributed by atoms with Gasteiger partial charge >= 0.3 is 6.03 Å². The Hall–Kier alpha value is -1.66. The molecule has 6 heteroatoms. The average Bonchev–Trinajstić information content (AvgIpc) is 2.71. The molecule has 1 aromatic carbocycles. The molecule has 2 amide bonds. The SMILES string of the molecule is CCNC(=O)Nc1nc2ccc(CCN)cc2s1. The topological polar surface area (TPSA) is 80.0 Å². The van der Waals surface area contributed by atoms with Crippen LogP contribution in [0.3, 0.4) is 0 Å².